The molecule has 2 aromatic rings. The fourth-order valence-corrected chi connectivity index (χ4v) is 3.10. The summed E-state index contributed by atoms with van der Waals surface area (Å²) in [7, 11) is 0. The van der Waals surface area contributed by atoms with E-state index in [9.17, 15) is 0 Å². The number of rotatable bonds is 4. The van der Waals surface area contributed by atoms with Gasteiger partial charge in [-0.1, -0.05) is 11.6 Å². The van der Waals surface area contributed by atoms with E-state index in [1.165, 1.54) is 15.3 Å². The average Bonchev–Trinajstić information content (AvgIpc) is 2.68. The summed E-state index contributed by atoms with van der Waals surface area (Å²) in [6.07, 6.45) is 4.17. The van der Waals surface area contributed by atoms with E-state index >= 15 is 0 Å². The fraction of sp³-hybridized carbons (Fsp3) is 0.308. The van der Waals surface area contributed by atoms with Gasteiger partial charge in [0.05, 0.1) is 11.1 Å². The second-order valence-corrected chi connectivity index (χ2v) is 5.97. The molecule has 18 heavy (non-hydrogen) atoms. The highest BCUT2D eigenvalue weighted by molar-refractivity contribution is 7.12. The number of nitrogens with zero attached hydrogens (tertiary/aromatic N) is 1. The van der Waals surface area contributed by atoms with Crippen LogP contribution in [-0.4, -0.2) is 4.98 Å². The van der Waals surface area contributed by atoms with Crippen LogP contribution in [0.4, 0.5) is 0 Å². The largest absolute Gasteiger partial charge is 0.271 e. The summed E-state index contributed by atoms with van der Waals surface area (Å²) in [5, 5.41) is 0.683. The van der Waals surface area contributed by atoms with Gasteiger partial charge in [0.25, 0.3) is 0 Å². The van der Waals surface area contributed by atoms with Crippen LogP contribution >= 0.6 is 22.9 Å². The summed E-state index contributed by atoms with van der Waals surface area (Å²) in [6.45, 7) is 4.23. The van der Waals surface area contributed by atoms with Crippen LogP contribution in [0.1, 0.15) is 26.9 Å². The van der Waals surface area contributed by atoms with E-state index in [1.54, 1.807) is 23.7 Å². The van der Waals surface area contributed by atoms with Crippen LogP contribution in [0.15, 0.2) is 24.5 Å². The van der Waals surface area contributed by atoms with E-state index in [1.807, 2.05) is 6.07 Å². The molecule has 5 heteroatoms. The Morgan fingerprint density at radius 3 is 2.83 bits per heavy atom. The van der Waals surface area contributed by atoms with E-state index < -0.39 is 0 Å². The van der Waals surface area contributed by atoms with Gasteiger partial charge in [0.15, 0.2) is 0 Å². The van der Waals surface area contributed by atoms with Crippen LogP contribution in [0.3, 0.4) is 0 Å². The second-order valence-electron chi connectivity index (χ2n) is 4.28. The third kappa shape index (κ3) is 2.90. The van der Waals surface area contributed by atoms with Gasteiger partial charge in [0, 0.05) is 22.1 Å². The number of aryl methyl sites for hydroxylation is 2. The molecule has 0 bridgehead atoms. The molecule has 2 rings (SSSR count). The lowest BCUT2D eigenvalue weighted by Gasteiger charge is -2.14. The maximum absolute atomic E-state index is 6.12. The van der Waals surface area contributed by atoms with Crippen LogP contribution < -0.4 is 11.3 Å². The minimum atomic E-state index is 0.0855. The molecule has 1 unspecified atom stereocenters. The molecule has 96 valence electrons. The number of nitrogens with one attached hydrogen (secondary N) is 1. The monoisotopic (exact) mass is 281 g/mol. The molecule has 0 aliphatic rings. The zero-order valence-electron chi connectivity index (χ0n) is 10.4. The van der Waals surface area contributed by atoms with Crippen molar-refractivity contribution in [1.82, 2.24) is 10.4 Å². The Labute approximate surface area is 116 Å². The molecule has 3 N–H and O–H groups in total. The highest BCUT2D eigenvalue weighted by atomic mass is 35.5. The van der Waals surface area contributed by atoms with Crippen molar-refractivity contribution in [1.29, 1.82) is 0 Å². The molecule has 0 saturated carbocycles. The number of nitrogens with two attached hydrogens (primary N) is 1. The summed E-state index contributed by atoms with van der Waals surface area (Å²) < 4.78 is 0. The summed E-state index contributed by atoms with van der Waals surface area (Å²) in [5.41, 5.74) is 5.22. The summed E-state index contributed by atoms with van der Waals surface area (Å²) >= 11 is 7.89. The number of hydrogen-bond donors (Lipinski definition) is 2. The molecule has 0 aromatic carbocycles. The molecule has 2 heterocycles. The Morgan fingerprint density at radius 1 is 1.50 bits per heavy atom. The predicted octanol–water partition coefficient (Wildman–Crippen LogP) is 3.16. The van der Waals surface area contributed by atoms with Crippen molar-refractivity contribution in [3.05, 3.63) is 50.4 Å². The molecule has 0 aliphatic heterocycles. The Balaban J connectivity index is 2.22. The van der Waals surface area contributed by atoms with Crippen molar-refractivity contribution in [2.45, 2.75) is 26.3 Å². The molecular weight excluding hydrogens is 266 g/mol. The van der Waals surface area contributed by atoms with E-state index in [2.05, 4.69) is 30.3 Å². The maximum atomic E-state index is 6.12. The summed E-state index contributed by atoms with van der Waals surface area (Å²) in [5.74, 6) is 5.66. The summed E-state index contributed by atoms with van der Waals surface area (Å²) in [6, 6.07) is 4.20. The lowest BCUT2D eigenvalue weighted by Crippen LogP contribution is -2.29. The lowest BCUT2D eigenvalue weighted by atomic mass is 10.1. The van der Waals surface area contributed by atoms with Gasteiger partial charge >= 0.3 is 0 Å². The van der Waals surface area contributed by atoms with Crippen LogP contribution in [-0.2, 0) is 6.42 Å². The molecule has 0 spiro atoms. The van der Waals surface area contributed by atoms with Crippen LogP contribution in [0.2, 0.25) is 5.02 Å². The second kappa shape index (κ2) is 5.80. The van der Waals surface area contributed by atoms with Gasteiger partial charge in [-0.3, -0.25) is 16.3 Å². The molecule has 0 aliphatic carbocycles. The smallest absolute Gasteiger partial charge is 0.0622 e. The molecule has 0 radical (unpaired) electrons. The molecule has 3 nitrogen and oxygen atoms in total. The first-order valence-electron chi connectivity index (χ1n) is 5.73. The third-order valence-corrected chi connectivity index (χ3v) is 4.62. The molecule has 0 amide bonds. The zero-order valence-corrected chi connectivity index (χ0v) is 12.0. The zero-order chi connectivity index (χ0) is 13.1. The highest BCUT2D eigenvalue weighted by Crippen LogP contribution is 2.29. The Morgan fingerprint density at radius 2 is 2.28 bits per heavy atom. The Bertz CT molecular complexity index is 519. The summed E-state index contributed by atoms with van der Waals surface area (Å²) in [4.78, 5) is 6.55. The van der Waals surface area contributed by atoms with Crippen LogP contribution in [0, 0.1) is 13.8 Å². The number of hydrazine groups is 1. The van der Waals surface area contributed by atoms with Crippen molar-refractivity contribution in [3.8, 4) is 0 Å². The normalized spacial score (nSPS) is 12.7. The SMILES string of the molecule is Cc1cc(C(Cc2ccncc2Cl)NN)sc1C. The number of halogens is 1. The van der Waals surface area contributed by atoms with Crippen LogP contribution in [0.25, 0.3) is 0 Å². The van der Waals surface area contributed by atoms with Gasteiger partial charge in [-0.05, 0) is 43.5 Å². The Kier molecular flexibility index (Phi) is 4.35. The molecule has 0 saturated heterocycles. The minimum Gasteiger partial charge on any atom is -0.271 e. The van der Waals surface area contributed by atoms with Crippen molar-refractivity contribution >= 4 is 22.9 Å². The lowest BCUT2D eigenvalue weighted by molar-refractivity contribution is 0.560. The quantitative estimate of drug-likeness (QED) is 0.669. The van der Waals surface area contributed by atoms with Crippen molar-refractivity contribution < 1.29 is 0 Å². The van der Waals surface area contributed by atoms with Gasteiger partial charge in [-0.15, -0.1) is 11.3 Å². The predicted molar refractivity (Wildman–Crippen MR) is 76.8 cm³/mol. The van der Waals surface area contributed by atoms with Gasteiger partial charge in [0.2, 0.25) is 0 Å². The van der Waals surface area contributed by atoms with Gasteiger partial charge < -0.3 is 0 Å². The third-order valence-electron chi connectivity index (χ3n) is 3.01. The van der Waals surface area contributed by atoms with Crippen molar-refractivity contribution in [2.24, 2.45) is 5.84 Å². The van der Waals surface area contributed by atoms with Crippen molar-refractivity contribution in [3.63, 3.8) is 0 Å². The number of hydrogen-bond acceptors (Lipinski definition) is 4. The number of pyridine rings is 1. The first-order valence-corrected chi connectivity index (χ1v) is 6.92. The topological polar surface area (TPSA) is 50.9 Å². The molecular formula is C13H16ClN3S. The fourth-order valence-electron chi connectivity index (χ4n) is 1.80. The van der Waals surface area contributed by atoms with E-state index in [-0.39, 0.29) is 6.04 Å². The van der Waals surface area contributed by atoms with Crippen LogP contribution in [0.5, 0.6) is 0 Å². The van der Waals surface area contributed by atoms with Gasteiger partial charge in [-0.25, -0.2) is 0 Å². The van der Waals surface area contributed by atoms with E-state index in [0.29, 0.717) is 5.02 Å². The van der Waals surface area contributed by atoms with Gasteiger partial charge in [0.1, 0.15) is 0 Å². The highest BCUT2D eigenvalue weighted by Gasteiger charge is 2.15. The standard InChI is InChI=1S/C13H16ClN3S/c1-8-5-13(18-9(8)2)12(17-15)6-10-3-4-16-7-11(10)14/h3-5,7,12,17H,6,15H2,1-2H3. The first-order chi connectivity index (χ1) is 8.61. The van der Waals surface area contributed by atoms with Crippen molar-refractivity contribution in [2.75, 3.05) is 0 Å². The number of thiophene rings is 1. The maximum Gasteiger partial charge on any atom is 0.0622 e. The average molecular weight is 282 g/mol. The van der Waals surface area contributed by atoms with Gasteiger partial charge in [-0.2, -0.15) is 0 Å². The van der Waals surface area contributed by atoms with E-state index in [0.717, 1.165) is 12.0 Å². The molecule has 0 fully saturated rings. The number of aromatic nitrogens is 1. The minimum absolute atomic E-state index is 0.0855. The first kappa shape index (κ1) is 13.5. The van der Waals surface area contributed by atoms with E-state index in [4.69, 9.17) is 17.4 Å². The molecule has 1 atom stereocenters. The Hall–Kier alpha value is -0.940. The molecule has 2 aromatic heterocycles.